The average molecular weight is 341 g/mol. The molecule has 0 heterocycles. The summed E-state index contributed by atoms with van der Waals surface area (Å²) in [6.45, 7) is 15.2. The standard InChI is InChI=1S/C18H32N2S2/c1-7-14(2)22-18(5,6)13-20-16-11-9-8-10-15(16)19-12-17(3,4)21/h8-11,14,19-21H,7,12-13H2,1-6H3. The number of anilines is 2. The molecule has 0 spiro atoms. The molecular formula is C18H32N2S2. The summed E-state index contributed by atoms with van der Waals surface area (Å²) in [6.07, 6.45) is 1.21. The van der Waals surface area contributed by atoms with Crippen LogP contribution >= 0.6 is 24.4 Å². The molecule has 22 heavy (non-hydrogen) atoms. The van der Waals surface area contributed by atoms with Gasteiger partial charge in [-0.3, -0.25) is 0 Å². The van der Waals surface area contributed by atoms with Gasteiger partial charge in [0.1, 0.15) is 0 Å². The van der Waals surface area contributed by atoms with Crippen LogP contribution in [0.3, 0.4) is 0 Å². The number of para-hydroxylation sites is 2. The molecular weight excluding hydrogens is 308 g/mol. The fraction of sp³-hybridized carbons (Fsp3) is 0.667. The van der Waals surface area contributed by atoms with Crippen LogP contribution in [0.2, 0.25) is 0 Å². The summed E-state index contributed by atoms with van der Waals surface area (Å²) in [5.74, 6) is 0. The third-order valence-corrected chi connectivity index (χ3v) is 5.11. The third-order valence-electron chi connectivity index (χ3n) is 3.44. The lowest BCUT2D eigenvalue weighted by Gasteiger charge is -2.29. The van der Waals surface area contributed by atoms with Crippen LogP contribution in [-0.4, -0.2) is 27.8 Å². The molecule has 2 nitrogen and oxygen atoms in total. The second kappa shape index (κ2) is 8.39. The van der Waals surface area contributed by atoms with Crippen molar-refractivity contribution in [2.45, 2.75) is 62.7 Å². The molecule has 0 aliphatic heterocycles. The van der Waals surface area contributed by atoms with Crippen molar-refractivity contribution in [3.05, 3.63) is 24.3 Å². The highest BCUT2D eigenvalue weighted by atomic mass is 32.2. The Morgan fingerprint density at radius 2 is 1.55 bits per heavy atom. The second-order valence-electron chi connectivity index (χ2n) is 7.16. The number of hydrogen-bond acceptors (Lipinski definition) is 4. The molecule has 0 fully saturated rings. The molecule has 0 saturated carbocycles. The van der Waals surface area contributed by atoms with Crippen molar-refractivity contribution in [3.8, 4) is 0 Å². The molecule has 1 unspecified atom stereocenters. The van der Waals surface area contributed by atoms with Crippen LogP contribution in [-0.2, 0) is 0 Å². The zero-order valence-corrected chi connectivity index (χ0v) is 16.6. The van der Waals surface area contributed by atoms with Gasteiger partial charge in [-0.25, -0.2) is 0 Å². The Balaban J connectivity index is 2.65. The molecule has 2 N–H and O–H groups in total. The van der Waals surface area contributed by atoms with Crippen molar-refractivity contribution in [3.63, 3.8) is 0 Å². The van der Waals surface area contributed by atoms with Gasteiger partial charge in [0.25, 0.3) is 0 Å². The van der Waals surface area contributed by atoms with Crippen LogP contribution in [0.5, 0.6) is 0 Å². The molecule has 0 aromatic heterocycles. The number of hydrogen-bond donors (Lipinski definition) is 3. The van der Waals surface area contributed by atoms with Crippen molar-refractivity contribution >= 4 is 35.8 Å². The highest BCUT2D eigenvalue weighted by molar-refractivity contribution is 8.01. The molecule has 0 saturated heterocycles. The predicted molar refractivity (Wildman–Crippen MR) is 108 cm³/mol. The quantitative estimate of drug-likeness (QED) is 0.515. The fourth-order valence-corrected chi connectivity index (χ4v) is 3.57. The first-order chi connectivity index (χ1) is 10.1. The van der Waals surface area contributed by atoms with Gasteiger partial charge in [0, 0.05) is 27.8 Å². The van der Waals surface area contributed by atoms with Crippen LogP contribution in [0.4, 0.5) is 11.4 Å². The van der Waals surface area contributed by atoms with Crippen molar-refractivity contribution in [2.24, 2.45) is 0 Å². The van der Waals surface area contributed by atoms with E-state index in [0.29, 0.717) is 5.25 Å². The average Bonchev–Trinajstić information content (AvgIpc) is 2.42. The number of nitrogens with one attached hydrogen (secondary N) is 2. The lowest BCUT2D eigenvalue weighted by molar-refractivity contribution is 0.736. The Morgan fingerprint density at radius 3 is 2.00 bits per heavy atom. The van der Waals surface area contributed by atoms with Crippen molar-refractivity contribution in [2.75, 3.05) is 23.7 Å². The van der Waals surface area contributed by atoms with Gasteiger partial charge in [-0.2, -0.15) is 24.4 Å². The summed E-state index contributed by atoms with van der Waals surface area (Å²) in [5, 5.41) is 7.80. The van der Waals surface area contributed by atoms with Crippen LogP contribution in [0.1, 0.15) is 48.0 Å². The minimum Gasteiger partial charge on any atom is -0.382 e. The third kappa shape index (κ3) is 7.68. The summed E-state index contributed by atoms with van der Waals surface area (Å²) < 4.78 is 0.185. The van der Waals surface area contributed by atoms with Gasteiger partial charge in [-0.05, 0) is 46.2 Å². The maximum absolute atomic E-state index is 4.58. The van der Waals surface area contributed by atoms with E-state index in [2.05, 4.69) is 89.1 Å². The van der Waals surface area contributed by atoms with E-state index in [0.717, 1.165) is 24.5 Å². The van der Waals surface area contributed by atoms with Crippen LogP contribution in [0.15, 0.2) is 24.3 Å². The summed E-state index contributed by atoms with van der Waals surface area (Å²) in [5.41, 5.74) is 2.31. The summed E-state index contributed by atoms with van der Waals surface area (Å²) >= 11 is 6.63. The Bertz CT molecular complexity index is 453. The van der Waals surface area contributed by atoms with E-state index < -0.39 is 0 Å². The SMILES string of the molecule is CCC(C)SC(C)(C)CNc1ccccc1NCC(C)(C)S. The fourth-order valence-electron chi connectivity index (χ4n) is 2.08. The van der Waals surface area contributed by atoms with E-state index in [-0.39, 0.29) is 9.49 Å². The molecule has 126 valence electrons. The van der Waals surface area contributed by atoms with Gasteiger partial charge >= 0.3 is 0 Å². The molecule has 4 heteroatoms. The lowest BCUT2D eigenvalue weighted by Crippen LogP contribution is -2.29. The van der Waals surface area contributed by atoms with Gasteiger partial charge in [-0.15, -0.1) is 0 Å². The van der Waals surface area contributed by atoms with E-state index >= 15 is 0 Å². The monoisotopic (exact) mass is 340 g/mol. The highest BCUT2D eigenvalue weighted by Crippen LogP contribution is 2.31. The Morgan fingerprint density at radius 1 is 1.05 bits per heavy atom. The normalized spacial score (nSPS) is 13.8. The molecule has 1 aromatic rings. The Hall–Kier alpha value is -0.480. The number of benzene rings is 1. The van der Waals surface area contributed by atoms with Crippen LogP contribution in [0.25, 0.3) is 0 Å². The van der Waals surface area contributed by atoms with Crippen LogP contribution in [0, 0.1) is 0 Å². The van der Waals surface area contributed by atoms with Gasteiger partial charge in [0.15, 0.2) is 0 Å². The minimum absolute atomic E-state index is 0.0290. The van der Waals surface area contributed by atoms with Crippen molar-refractivity contribution in [1.29, 1.82) is 0 Å². The first kappa shape index (κ1) is 19.6. The number of rotatable bonds is 9. The predicted octanol–water partition coefficient (Wildman–Crippen LogP) is 5.53. The summed E-state index contributed by atoms with van der Waals surface area (Å²) in [7, 11) is 0. The lowest BCUT2D eigenvalue weighted by atomic mass is 10.1. The zero-order valence-electron chi connectivity index (χ0n) is 14.9. The van der Waals surface area contributed by atoms with Crippen molar-refractivity contribution < 1.29 is 0 Å². The van der Waals surface area contributed by atoms with E-state index in [1.165, 1.54) is 6.42 Å². The number of thiol groups is 1. The van der Waals surface area contributed by atoms with Gasteiger partial charge in [0.05, 0.1) is 11.4 Å². The van der Waals surface area contributed by atoms with Crippen molar-refractivity contribution in [1.82, 2.24) is 0 Å². The molecule has 0 aliphatic rings. The molecule has 0 amide bonds. The van der Waals surface area contributed by atoms with Gasteiger partial charge in [-0.1, -0.05) is 26.0 Å². The van der Waals surface area contributed by atoms with Crippen LogP contribution < -0.4 is 10.6 Å². The minimum atomic E-state index is -0.0290. The molecule has 0 radical (unpaired) electrons. The maximum Gasteiger partial charge on any atom is 0.0576 e. The smallest absolute Gasteiger partial charge is 0.0576 e. The van der Waals surface area contributed by atoms with E-state index in [1.54, 1.807) is 0 Å². The molecule has 0 aliphatic carbocycles. The first-order valence-electron chi connectivity index (χ1n) is 8.10. The molecule has 1 rings (SSSR count). The Labute approximate surface area is 146 Å². The topological polar surface area (TPSA) is 24.1 Å². The maximum atomic E-state index is 4.58. The zero-order chi connectivity index (χ0) is 16.8. The first-order valence-corrected chi connectivity index (χ1v) is 9.42. The number of thioether (sulfide) groups is 1. The molecule has 1 aromatic carbocycles. The van der Waals surface area contributed by atoms with E-state index in [1.807, 2.05) is 11.8 Å². The Kier molecular flexibility index (Phi) is 7.47. The van der Waals surface area contributed by atoms with E-state index in [4.69, 9.17) is 0 Å². The van der Waals surface area contributed by atoms with Gasteiger partial charge in [0.2, 0.25) is 0 Å². The largest absolute Gasteiger partial charge is 0.382 e. The molecule has 1 atom stereocenters. The van der Waals surface area contributed by atoms with E-state index in [9.17, 15) is 0 Å². The highest BCUT2D eigenvalue weighted by Gasteiger charge is 2.21. The molecule has 0 bridgehead atoms. The second-order valence-corrected chi connectivity index (χ2v) is 10.5. The summed E-state index contributed by atoms with van der Waals surface area (Å²) in [6, 6.07) is 8.40. The summed E-state index contributed by atoms with van der Waals surface area (Å²) in [4.78, 5) is 0. The van der Waals surface area contributed by atoms with Gasteiger partial charge < -0.3 is 10.6 Å².